The van der Waals surface area contributed by atoms with Crippen LogP contribution >= 0.6 is 0 Å². The number of nitrogens with one attached hydrogen (secondary N) is 2. The third-order valence-electron chi connectivity index (χ3n) is 3.75. The Hall–Kier alpha value is -2.72. The second-order valence-electron chi connectivity index (χ2n) is 6.79. The largest absolute Gasteiger partial charge is 0.479 e. The number of carboxylic acids is 1. The molecule has 0 unspecified atom stereocenters. The molecule has 1 amide bonds. The summed E-state index contributed by atoms with van der Waals surface area (Å²) in [5.74, 6) is -1.53. The number of aliphatic carboxylic acids is 1. The van der Waals surface area contributed by atoms with Crippen molar-refractivity contribution in [2.75, 3.05) is 5.32 Å². The number of hydrogen-bond acceptors (Lipinski definition) is 5. The first-order valence-electron chi connectivity index (χ1n) is 8.16. The van der Waals surface area contributed by atoms with Crippen LogP contribution in [0.15, 0.2) is 41.6 Å². The molecule has 27 heavy (non-hydrogen) atoms. The third kappa shape index (κ3) is 4.72. The van der Waals surface area contributed by atoms with E-state index >= 15 is 0 Å². The molecule has 0 aliphatic heterocycles. The fourth-order valence-electron chi connectivity index (χ4n) is 2.16. The van der Waals surface area contributed by atoms with Gasteiger partial charge >= 0.3 is 5.97 Å². The van der Waals surface area contributed by atoms with Gasteiger partial charge in [0.05, 0.1) is 16.8 Å². The standard InChI is InChI=1S/C17H22N4O5S/c1-11(2)20-27(25,26)14-7-5-12(6-8-14)15(22)19-13-9-18-21(10-13)17(3,4)16(23)24/h5-11,20H,1-4H3,(H,19,22)(H,23,24). The Bertz CT molecular complexity index is 946. The van der Waals surface area contributed by atoms with Gasteiger partial charge < -0.3 is 10.4 Å². The molecule has 2 rings (SSSR count). The highest BCUT2D eigenvalue weighted by molar-refractivity contribution is 7.89. The molecular weight excluding hydrogens is 372 g/mol. The lowest BCUT2D eigenvalue weighted by Gasteiger charge is -2.19. The van der Waals surface area contributed by atoms with E-state index < -0.39 is 27.4 Å². The van der Waals surface area contributed by atoms with Gasteiger partial charge in [-0.15, -0.1) is 0 Å². The predicted molar refractivity (Wildman–Crippen MR) is 99.0 cm³/mol. The van der Waals surface area contributed by atoms with Gasteiger partial charge in [-0.2, -0.15) is 5.10 Å². The molecule has 1 aromatic heterocycles. The molecule has 146 valence electrons. The molecule has 1 aromatic carbocycles. The van der Waals surface area contributed by atoms with E-state index in [0.717, 1.165) is 0 Å². The Morgan fingerprint density at radius 1 is 1.19 bits per heavy atom. The summed E-state index contributed by atoms with van der Waals surface area (Å²) < 4.78 is 27.9. The number of aromatic nitrogens is 2. The number of sulfonamides is 1. The van der Waals surface area contributed by atoms with Gasteiger partial charge in [0.2, 0.25) is 10.0 Å². The maximum absolute atomic E-state index is 12.3. The molecule has 0 bridgehead atoms. The fraction of sp³-hybridized carbons (Fsp3) is 0.353. The number of anilines is 1. The van der Waals surface area contributed by atoms with Crippen molar-refractivity contribution in [3.05, 3.63) is 42.2 Å². The first-order chi connectivity index (χ1) is 12.4. The lowest BCUT2D eigenvalue weighted by atomic mass is 10.1. The SMILES string of the molecule is CC(C)NS(=O)(=O)c1ccc(C(=O)Nc2cnn(C(C)(C)C(=O)O)c2)cc1. The first-order valence-corrected chi connectivity index (χ1v) is 9.64. The van der Waals surface area contributed by atoms with Crippen molar-refractivity contribution in [2.45, 2.75) is 44.2 Å². The second-order valence-corrected chi connectivity index (χ2v) is 8.51. The lowest BCUT2D eigenvalue weighted by Crippen LogP contribution is -2.35. The molecule has 0 radical (unpaired) electrons. The normalized spacial score (nSPS) is 12.2. The van der Waals surface area contributed by atoms with Crippen molar-refractivity contribution in [3.63, 3.8) is 0 Å². The van der Waals surface area contributed by atoms with E-state index in [4.69, 9.17) is 0 Å². The van der Waals surface area contributed by atoms with Gasteiger partial charge in [0.15, 0.2) is 5.54 Å². The van der Waals surface area contributed by atoms with Crippen LogP contribution in [0.3, 0.4) is 0 Å². The number of hydrogen-bond donors (Lipinski definition) is 3. The molecule has 0 saturated carbocycles. The van der Waals surface area contributed by atoms with Gasteiger partial charge in [-0.05, 0) is 52.0 Å². The summed E-state index contributed by atoms with van der Waals surface area (Å²) in [5.41, 5.74) is -0.682. The van der Waals surface area contributed by atoms with Crippen LogP contribution in [0.1, 0.15) is 38.1 Å². The maximum atomic E-state index is 12.3. The quantitative estimate of drug-likeness (QED) is 0.654. The number of nitrogens with zero attached hydrogens (tertiary/aromatic N) is 2. The Morgan fingerprint density at radius 2 is 1.78 bits per heavy atom. The first kappa shape index (κ1) is 20.6. The van der Waals surface area contributed by atoms with E-state index in [9.17, 15) is 23.1 Å². The Kier molecular flexibility index (Phi) is 5.71. The summed E-state index contributed by atoms with van der Waals surface area (Å²) in [6, 6.07) is 5.24. The lowest BCUT2D eigenvalue weighted by molar-refractivity contribution is -0.146. The molecule has 0 aliphatic carbocycles. The van der Waals surface area contributed by atoms with Crippen LogP contribution < -0.4 is 10.0 Å². The maximum Gasteiger partial charge on any atom is 0.331 e. The van der Waals surface area contributed by atoms with Crippen LogP contribution in [0.2, 0.25) is 0 Å². The van der Waals surface area contributed by atoms with E-state index in [1.54, 1.807) is 13.8 Å². The van der Waals surface area contributed by atoms with Crippen molar-refractivity contribution < 1.29 is 23.1 Å². The van der Waals surface area contributed by atoms with Crippen molar-refractivity contribution in [1.29, 1.82) is 0 Å². The van der Waals surface area contributed by atoms with E-state index in [-0.39, 0.29) is 16.5 Å². The zero-order chi connectivity index (χ0) is 20.4. The summed E-state index contributed by atoms with van der Waals surface area (Å²) in [4.78, 5) is 23.6. The summed E-state index contributed by atoms with van der Waals surface area (Å²) in [6.07, 6.45) is 2.76. The summed E-state index contributed by atoms with van der Waals surface area (Å²) in [5, 5.41) is 15.8. The minimum Gasteiger partial charge on any atom is -0.479 e. The number of carboxylic acid groups (broad SMARTS) is 1. The average molecular weight is 394 g/mol. The average Bonchev–Trinajstić information content (AvgIpc) is 3.03. The molecule has 3 N–H and O–H groups in total. The van der Waals surface area contributed by atoms with Crippen LogP contribution in [0, 0.1) is 0 Å². The zero-order valence-electron chi connectivity index (χ0n) is 15.4. The zero-order valence-corrected chi connectivity index (χ0v) is 16.2. The van der Waals surface area contributed by atoms with E-state index in [1.807, 2.05) is 0 Å². The molecule has 10 heteroatoms. The van der Waals surface area contributed by atoms with Crippen LogP contribution in [0.5, 0.6) is 0 Å². The van der Waals surface area contributed by atoms with E-state index in [1.165, 1.54) is 55.2 Å². The van der Waals surface area contributed by atoms with Crippen LogP contribution in [-0.4, -0.2) is 41.2 Å². The van der Waals surface area contributed by atoms with Crippen molar-refractivity contribution >= 4 is 27.6 Å². The van der Waals surface area contributed by atoms with Gasteiger partial charge in [-0.3, -0.25) is 9.48 Å². The van der Waals surface area contributed by atoms with Gasteiger partial charge in [-0.1, -0.05) is 0 Å². The van der Waals surface area contributed by atoms with Crippen LogP contribution in [0.25, 0.3) is 0 Å². The summed E-state index contributed by atoms with van der Waals surface area (Å²) >= 11 is 0. The van der Waals surface area contributed by atoms with Crippen molar-refractivity contribution in [2.24, 2.45) is 0 Å². The van der Waals surface area contributed by atoms with E-state index in [0.29, 0.717) is 5.69 Å². The molecule has 1 heterocycles. The molecule has 2 aromatic rings. The third-order valence-corrected chi connectivity index (χ3v) is 5.43. The van der Waals surface area contributed by atoms with Crippen molar-refractivity contribution in [1.82, 2.24) is 14.5 Å². The number of benzene rings is 1. The Labute approximate surface area is 157 Å². The fourth-order valence-corrected chi connectivity index (χ4v) is 3.41. The second kappa shape index (κ2) is 7.49. The molecule has 0 saturated heterocycles. The van der Waals surface area contributed by atoms with Gasteiger partial charge in [0.1, 0.15) is 0 Å². The van der Waals surface area contributed by atoms with Crippen molar-refractivity contribution in [3.8, 4) is 0 Å². The summed E-state index contributed by atoms with van der Waals surface area (Å²) in [7, 11) is -3.63. The smallest absolute Gasteiger partial charge is 0.331 e. The number of rotatable bonds is 7. The molecule has 0 spiro atoms. The summed E-state index contributed by atoms with van der Waals surface area (Å²) in [6.45, 7) is 6.40. The molecular formula is C17H22N4O5S. The molecule has 9 nitrogen and oxygen atoms in total. The van der Waals surface area contributed by atoms with E-state index in [2.05, 4.69) is 15.1 Å². The highest BCUT2D eigenvalue weighted by Crippen LogP contribution is 2.18. The highest BCUT2D eigenvalue weighted by Gasteiger charge is 2.30. The molecule has 0 fully saturated rings. The predicted octanol–water partition coefficient (Wildman–Crippen LogP) is 1.64. The number of carbonyl (C=O) groups is 2. The monoisotopic (exact) mass is 394 g/mol. The minimum atomic E-state index is -3.63. The van der Waals surface area contributed by atoms with Gasteiger partial charge in [-0.25, -0.2) is 17.9 Å². The van der Waals surface area contributed by atoms with Gasteiger partial charge in [0, 0.05) is 17.8 Å². The Balaban J connectivity index is 2.14. The van der Waals surface area contributed by atoms with Crippen LogP contribution in [-0.2, 0) is 20.4 Å². The highest BCUT2D eigenvalue weighted by atomic mass is 32.2. The Morgan fingerprint density at radius 3 is 2.30 bits per heavy atom. The number of amides is 1. The molecule has 0 aliphatic rings. The van der Waals surface area contributed by atoms with Crippen LogP contribution in [0.4, 0.5) is 5.69 Å². The molecule has 0 atom stereocenters. The minimum absolute atomic E-state index is 0.0591. The number of carbonyl (C=O) groups excluding carboxylic acids is 1. The topological polar surface area (TPSA) is 130 Å². The van der Waals surface area contributed by atoms with Gasteiger partial charge in [0.25, 0.3) is 5.91 Å².